The molecule has 0 aromatic heterocycles. The number of hydrogen-bond acceptors (Lipinski definition) is 3. The molecule has 14 heavy (non-hydrogen) atoms. The van der Waals surface area contributed by atoms with Gasteiger partial charge in [-0.05, 0) is 26.7 Å². The van der Waals surface area contributed by atoms with Crippen molar-refractivity contribution >= 4 is 23.5 Å². The molecule has 0 spiro atoms. The lowest BCUT2D eigenvalue weighted by atomic mass is 10.2. The quantitative estimate of drug-likeness (QED) is 0.791. The fraction of sp³-hybridized carbons (Fsp3) is 0.143. The first-order chi connectivity index (χ1) is 6.61. The molecule has 0 N–H and O–H groups in total. The summed E-state index contributed by atoms with van der Waals surface area (Å²) in [6.45, 7) is 0. The first kappa shape index (κ1) is 11.8. The molecule has 77 valence electrons. The summed E-state index contributed by atoms with van der Waals surface area (Å²) in [6.07, 6.45) is -0.491. The van der Waals surface area contributed by atoms with Crippen LogP contribution in [0, 0.1) is 6.07 Å². The van der Waals surface area contributed by atoms with Crippen LogP contribution in [-0.4, -0.2) is 0 Å². The van der Waals surface area contributed by atoms with Gasteiger partial charge in [-0.25, -0.2) is 0 Å². The maximum Gasteiger partial charge on any atom is 0.399 e. The highest BCUT2D eigenvalue weighted by molar-refractivity contribution is 9.10. The third kappa shape index (κ3) is 2.85. The largest absolute Gasteiger partial charge is 0.399 e. The van der Waals surface area contributed by atoms with E-state index in [2.05, 4.69) is 31.5 Å². The topological polar surface area (TPSA) is 35.5 Å². The van der Waals surface area contributed by atoms with Gasteiger partial charge in [0.25, 0.3) is 0 Å². The van der Waals surface area contributed by atoms with Crippen LogP contribution in [0.3, 0.4) is 0 Å². The lowest BCUT2D eigenvalue weighted by Gasteiger charge is -2.07. The van der Waals surface area contributed by atoms with Gasteiger partial charge in [0.15, 0.2) is 0 Å². The Kier molecular flexibility index (Phi) is 4.19. The summed E-state index contributed by atoms with van der Waals surface area (Å²) in [6, 6.07) is 7.25. The van der Waals surface area contributed by atoms with Crippen LogP contribution in [0.1, 0.15) is 5.56 Å². The minimum atomic E-state index is -4.31. The molecule has 0 heterocycles. The van der Waals surface area contributed by atoms with Crippen LogP contribution in [0.2, 0.25) is 0 Å². The standard InChI is InChI=1S/C7H5BrF2O3P/c8-7-4-2-1-3-6(7)5-14(11,12-9)13-10/h1,3-4H,5H2. The average molecular weight is 286 g/mol. The Morgan fingerprint density at radius 1 is 1.50 bits per heavy atom. The molecule has 0 bridgehead atoms. The van der Waals surface area contributed by atoms with Gasteiger partial charge in [0.1, 0.15) is 0 Å². The predicted molar refractivity (Wildman–Crippen MR) is 48.7 cm³/mol. The summed E-state index contributed by atoms with van der Waals surface area (Å²) in [5, 5.41) is 0. The molecule has 1 aromatic carbocycles. The van der Waals surface area contributed by atoms with E-state index in [0.717, 1.165) is 0 Å². The van der Waals surface area contributed by atoms with E-state index in [4.69, 9.17) is 0 Å². The first-order valence-corrected chi connectivity index (χ1v) is 5.97. The van der Waals surface area contributed by atoms with Gasteiger partial charge in [0, 0.05) is 4.47 Å². The van der Waals surface area contributed by atoms with Gasteiger partial charge in [0.05, 0.1) is 6.16 Å². The van der Waals surface area contributed by atoms with Crippen LogP contribution >= 0.6 is 23.5 Å². The molecule has 1 radical (unpaired) electrons. The van der Waals surface area contributed by atoms with Crippen molar-refractivity contribution in [1.82, 2.24) is 0 Å². The van der Waals surface area contributed by atoms with Crippen LogP contribution in [0.4, 0.5) is 9.05 Å². The summed E-state index contributed by atoms with van der Waals surface area (Å²) in [4.78, 5) is 0. The lowest BCUT2D eigenvalue weighted by molar-refractivity contribution is -0.0881. The summed E-state index contributed by atoms with van der Waals surface area (Å²) >= 11 is 3.10. The van der Waals surface area contributed by atoms with E-state index in [1.165, 1.54) is 18.2 Å². The zero-order valence-corrected chi connectivity index (χ0v) is 9.23. The molecule has 0 saturated heterocycles. The summed E-state index contributed by atoms with van der Waals surface area (Å²) in [5.41, 5.74) is 0.405. The van der Waals surface area contributed by atoms with Gasteiger partial charge in [-0.3, -0.25) is 4.57 Å². The van der Waals surface area contributed by atoms with Crippen molar-refractivity contribution in [3.8, 4) is 0 Å². The van der Waals surface area contributed by atoms with Gasteiger partial charge in [-0.2, -0.15) is 0 Å². The molecule has 0 aliphatic carbocycles. The van der Waals surface area contributed by atoms with Crippen molar-refractivity contribution in [1.29, 1.82) is 0 Å². The van der Waals surface area contributed by atoms with Crippen LogP contribution in [-0.2, 0) is 20.2 Å². The van der Waals surface area contributed by atoms with Crippen molar-refractivity contribution in [3.63, 3.8) is 0 Å². The Hall–Kier alpha value is -0.290. The summed E-state index contributed by atoms with van der Waals surface area (Å²) in [7, 11) is -4.31. The van der Waals surface area contributed by atoms with Crippen molar-refractivity contribution in [2.75, 3.05) is 0 Å². The summed E-state index contributed by atoms with van der Waals surface area (Å²) < 4.78 is 40.9. The van der Waals surface area contributed by atoms with E-state index in [-0.39, 0.29) is 0 Å². The van der Waals surface area contributed by atoms with Gasteiger partial charge < -0.3 is 0 Å². The average Bonchev–Trinajstić information content (AvgIpc) is 2.21. The van der Waals surface area contributed by atoms with Gasteiger partial charge in [-0.15, -0.1) is 9.46 Å². The van der Waals surface area contributed by atoms with E-state index in [9.17, 15) is 13.6 Å². The molecular weight excluding hydrogens is 281 g/mol. The van der Waals surface area contributed by atoms with Crippen molar-refractivity contribution in [2.45, 2.75) is 6.16 Å². The van der Waals surface area contributed by atoms with Crippen LogP contribution in [0.5, 0.6) is 0 Å². The minimum Gasteiger partial charge on any atom is -0.254 e. The van der Waals surface area contributed by atoms with E-state index >= 15 is 0 Å². The Bertz CT molecular complexity index is 353. The zero-order valence-electron chi connectivity index (χ0n) is 6.75. The second-order valence-electron chi connectivity index (χ2n) is 2.42. The molecule has 0 aliphatic heterocycles. The fourth-order valence-corrected chi connectivity index (χ4v) is 2.27. The van der Waals surface area contributed by atoms with E-state index in [0.29, 0.717) is 10.0 Å². The molecule has 1 rings (SSSR count). The monoisotopic (exact) mass is 285 g/mol. The molecule has 0 fully saturated rings. The van der Waals surface area contributed by atoms with Gasteiger partial charge in [-0.1, -0.05) is 28.1 Å². The molecule has 0 amide bonds. The maximum absolute atomic E-state index is 11.7. The van der Waals surface area contributed by atoms with Crippen molar-refractivity contribution < 1.29 is 23.1 Å². The molecule has 0 saturated carbocycles. The van der Waals surface area contributed by atoms with Gasteiger partial charge in [0.2, 0.25) is 0 Å². The van der Waals surface area contributed by atoms with E-state index in [1.54, 1.807) is 0 Å². The highest BCUT2D eigenvalue weighted by Crippen LogP contribution is 2.52. The third-order valence-corrected chi connectivity index (χ3v) is 3.36. The fourth-order valence-electron chi connectivity index (χ4n) is 0.839. The summed E-state index contributed by atoms with van der Waals surface area (Å²) in [5.74, 6) is 0. The second kappa shape index (κ2) is 4.98. The van der Waals surface area contributed by atoms with Crippen molar-refractivity contribution in [2.24, 2.45) is 0 Å². The normalized spacial score (nSPS) is 11.6. The molecule has 1 aromatic rings. The highest BCUT2D eigenvalue weighted by atomic mass is 79.9. The maximum atomic E-state index is 11.7. The van der Waals surface area contributed by atoms with Gasteiger partial charge >= 0.3 is 7.60 Å². The predicted octanol–water partition coefficient (Wildman–Crippen LogP) is 3.74. The van der Waals surface area contributed by atoms with Crippen LogP contribution in [0.15, 0.2) is 22.7 Å². The first-order valence-electron chi connectivity index (χ1n) is 3.45. The zero-order chi connectivity index (χ0) is 10.6. The van der Waals surface area contributed by atoms with E-state index < -0.39 is 13.8 Å². The Morgan fingerprint density at radius 3 is 2.64 bits per heavy atom. The number of hydrogen-bond donors (Lipinski definition) is 0. The molecule has 0 atom stereocenters. The Morgan fingerprint density at radius 2 is 2.14 bits per heavy atom. The number of halogens is 3. The second-order valence-corrected chi connectivity index (χ2v) is 5.09. The molecule has 7 heteroatoms. The number of benzene rings is 1. The van der Waals surface area contributed by atoms with Crippen molar-refractivity contribution in [3.05, 3.63) is 34.3 Å². The molecule has 3 nitrogen and oxygen atoms in total. The Labute approximate surface area is 87.5 Å². The minimum absolute atomic E-state index is 0.405. The highest BCUT2D eigenvalue weighted by Gasteiger charge is 2.28. The number of rotatable bonds is 4. The van der Waals surface area contributed by atoms with Crippen LogP contribution < -0.4 is 0 Å². The molecular formula is C7H5BrF2O3P. The molecule has 0 unspecified atom stereocenters. The smallest absolute Gasteiger partial charge is 0.254 e. The van der Waals surface area contributed by atoms with Crippen LogP contribution in [0.25, 0.3) is 0 Å². The third-order valence-electron chi connectivity index (χ3n) is 1.47. The Balaban J connectivity index is 2.88. The SMILES string of the molecule is O=P(Cc1cc[c]cc1Br)(OF)OF. The van der Waals surface area contributed by atoms with E-state index in [1.807, 2.05) is 0 Å². The molecule has 0 aliphatic rings. The lowest BCUT2D eigenvalue weighted by Crippen LogP contribution is -1.90.